The molecule has 0 aromatic carbocycles. The Balaban J connectivity index is 2.39. The van der Waals surface area contributed by atoms with Crippen LogP contribution in [0.15, 0.2) is 0 Å². The average Bonchev–Trinajstić information content (AvgIpc) is 1.85. The van der Waals surface area contributed by atoms with Crippen LogP contribution in [-0.4, -0.2) is 22.1 Å². The summed E-state index contributed by atoms with van der Waals surface area (Å²) in [6.45, 7) is 2.15. The summed E-state index contributed by atoms with van der Waals surface area (Å²) < 4.78 is 0.380. The fraction of sp³-hybridized carbons (Fsp3) is 1.00. The van der Waals surface area contributed by atoms with Crippen LogP contribution in [0.25, 0.3) is 0 Å². The molecule has 1 saturated heterocycles. The second-order valence-electron chi connectivity index (χ2n) is 1.91. The van der Waals surface area contributed by atoms with Crippen LogP contribution in [0.3, 0.4) is 0 Å². The number of hydrogen-bond donors (Lipinski definition) is 2. The van der Waals surface area contributed by atoms with E-state index in [-0.39, 0.29) is 0 Å². The monoisotopic (exact) mass is 151 g/mol. The van der Waals surface area contributed by atoms with Crippen molar-refractivity contribution in [1.82, 2.24) is 10.4 Å². The van der Waals surface area contributed by atoms with Crippen molar-refractivity contribution in [2.24, 2.45) is 0 Å². The van der Waals surface area contributed by atoms with E-state index in [1.807, 2.05) is 12.1 Å². The largest absolute Gasteiger partial charge is 0.227 e. The second-order valence-corrected chi connectivity index (χ2v) is 4.37. The SMILES string of the molecule is CC1NN(C)C(S)[SH+]1. The smallest absolute Gasteiger partial charge is 0.203 e. The lowest BCUT2D eigenvalue weighted by atomic mass is 10.8. The summed E-state index contributed by atoms with van der Waals surface area (Å²) in [6.07, 6.45) is 0. The molecule has 0 radical (unpaired) electrons. The van der Waals surface area contributed by atoms with Crippen molar-refractivity contribution >= 4 is 24.4 Å². The van der Waals surface area contributed by atoms with Gasteiger partial charge in [-0.05, 0) is 6.92 Å². The van der Waals surface area contributed by atoms with Gasteiger partial charge < -0.3 is 0 Å². The third-order valence-electron chi connectivity index (χ3n) is 1.09. The van der Waals surface area contributed by atoms with Gasteiger partial charge in [-0.3, -0.25) is 0 Å². The van der Waals surface area contributed by atoms with E-state index in [1.165, 1.54) is 11.8 Å². The lowest BCUT2D eigenvalue weighted by Gasteiger charge is -2.05. The Morgan fingerprint density at radius 3 is 2.50 bits per heavy atom. The number of thiol groups is 2. The molecule has 1 aliphatic heterocycles. The summed E-state index contributed by atoms with van der Waals surface area (Å²) in [4.78, 5) is 0. The van der Waals surface area contributed by atoms with Gasteiger partial charge in [0.25, 0.3) is 0 Å². The molecule has 1 rings (SSSR count). The van der Waals surface area contributed by atoms with Crippen molar-refractivity contribution in [2.45, 2.75) is 17.0 Å². The van der Waals surface area contributed by atoms with Gasteiger partial charge in [-0.2, -0.15) is 5.01 Å². The fourth-order valence-corrected chi connectivity index (χ4v) is 2.28. The standard InChI is InChI=1S/C4H10N2S2/c1-3-5-6(2)4(7)8-3/h3-5,7H,1-2H3/p+1. The summed E-state index contributed by atoms with van der Waals surface area (Å²) in [7, 11) is 2.01. The molecule has 0 spiro atoms. The highest BCUT2D eigenvalue weighted by atomic mass is 32.2. The van der Waals surface area contributed by atoms with E-state index in [0.29, 0.717) is 10.1 Å². The molecule has 1 N–H and O–H groups in total. The van der Waals surface area contributed by atoms with Gasteiger partial charge in [-0.15, -0.1) is 12.6 Å². The van der Waals surface area contributed by atoms with Crippen molar-refractivity contribution in [3.05, 3.63) is 0 Å². The second kappa shape index (κ2) is 2.47. The molecule has 1 aliphatic rings. The molecule has 1 fully saturated rings. The first-order chi connectivity index (χ1) is 3.70. The van der Waals surface area contributed by atoms with Crippen molar-refractivity contribution in [1.29, 1.82) is 0 Å². The number of nitrogens with zero attached hydrogens (tertiary/aromatic N) is 1. The van der Waals surface area contributed by atoms with Crippen molar-refractivity contribution in [2.75, 3.05) is 7.05 Å². The molecule has 8 heavy (non-hydrogen) atoms. The summed E-state index contributed by atoms with van der Waals surface area (Å²) in [5.74, 6) is 0. The molecule has 0 amide bonds. The number of hydrazine groups is 1. The fourth-order valence-electron chi connectivity index (χ4n) is 0.695. The van der Waals surface area contributed by atoms with Gasteiger partial charge in [-0.25, -0.2) is 5.43 Å². The number of hydrogen-bond acceptors (Lipinski definition) is 3. The van der Waals surface area contributed by atoms with Gasteiger partial charge >= 0.3 is 0 Å². The zero-order chi connectivity index (χ0) is 6.15. The average molecular weight is 151 g/mol. The zero-order valence-corrected chi connectivity index (χ0v) is 6.79. The summed E-state index contributed by atoms with van der Waals surface area (Å²) in [6, 6.07) is 0. The third-order valence-corrected chi connectivity index (χ3v) is 3.02. The molecule has 0 aliphatic carbocycles. The van der Waals surface area contributed by atoms with Crippen LogP contribution in [0.5, 0.6) is 0 Å². The van der Waals surface area contributed by atoms with E-state index >= 15 is 0 Å². The van der Waals surface area contributed by atoms with Gasteiger partial charge in [0.1, 0.15) is 0 Å². The van der Waals surface area contributed by atoms with Crippen LogP contribution in [0, 0.1) is 0 Å². The van der Waals surface area contributed by atoms with Gasteiger partial charge in [0.2, 0.25) is 4.71 Å². The maximum atomic E-state index is 4.30. The summed E-state index contributed by atoms with van der Waals surface area (Å²) >= 11 is 5.66. The first-order valence-electron chi connectivity index (χ1n) is 2.57. The van der Waals surface area contributed by atoms with Gasteiger partial charge in [0, 0.05) is 18.8 Å². The zero-order valence-electron chi connectivity index (χ0n) is 5.00. The van der Waals surface area contributed by atoms with Crippen molar-refractivity contribution in [3.63, 3.8) is 0 Å². The third kappa shape index (κ3) is 1.31. The van der Waals surface area contributed by atoms with Gasteiger partial charge in [0.05, 0.1) is 0 Å². The molecular formula is C4H11N2S2+. The van der Waals surface area contributed by atoms with Crippen molar-refractivity contribution < 1.29 is 0 Å². The summed E-state index contributed by atoms with van der Waals surface area (Å²) in [5.41, 5.74) is 3.21. The molecule has 0 aromatic rings. The molecule has 2 unspecified atom stereocenters. The van der Waals surface area contributed by atoms with Crippen molar-refractivity contribution in [3.8, 4) is 0 Å². The Labute approximate surface area is 59.4 Å². The van der Waals surface area contributed by atoms with Crippen LogP contribution in [0.1, 0.15) is 6.92 Å². The lowest BCUT2D eigenvalue weighted by molar-refractivity contribution is 0.283. The predicted molar refractivity (Wildman–Crippen MR) is 41.9 cm³/mol. The Hall–Kier alpha value is 0.620. The molecule has 48 valence electrons. The first kappa shape index (κ1) is 6.74. The Bertz CT molecular complexity index is 78.1. The molecule has 0 bridgehead atoms. The molecule has 2 atom stereocenters. The quantitative estimate of drug-likeness (QED) is 0.368. The maximum Gasteiger partial charge on any atom is 0.227 e. The maximum absolute atomic E-state index is 4.30. The number of rotatable bonds is 0. The molecule has 0 aromatic heterocycles. The highest BCUT2D eigenvalue weighted by Crippen LogP contribution is 2.11. The van der Waals surface area contributed by atoms with Crippen LogP contribution in [0.4, 0.5) is 0 Å². The molecule has 2 nitrogen and oxygen atoms in total. The van der Waals surface area contributed by atoms with E-state index in [9.17, 15) is 0 Å². The molecule has 1 heterocycles. The van der Waals surface area contributed by atoms with E-state index in [2.05, 4.69) is 25.0 Å². The summed E-state index contributed by atoms with van der Waals surface area (Å²) in [5, 5.41) is 2.59. The van der Waals surface area contributed by atoms with Crippen LogP contribution < -0.4 is 5.43 Å². The first-order valence-corrected chi connectivity index (χ1v) is 4.12. The Kier molecular flexibility index (Phi) is 2.08. The topological polar surface area (TPSA) is 15.3 Å². The Morgan fingerprint density at radius 1 is 1.75 bits per heavy atom. The highest BCUT2D eigenvalue weighted by molar-refractivity contribution is 7.98. The predicted octanol–water partition coefficient (Wildman–Crippen LogP) is -0.189. The molecule has 0 saturated carbocycles. The minimum Gasteiger partial charge on any atom is -0.203 e. The van der Waals surface area contributed by atoms with Gasteiger partial charge in [-0.1, -0.05) is 0 Å². The Morgan fingerprint density at radius 2 is 2.38 bits per heavy atom. The normalized spacial score (nSPS) is 40.9. The van der Waals surface area contributed by atoms with Crippen LogP contribution in [-0.2, 0) is 11.8 Å². The van der Waals surface area contributed by atoms with Gasteiger partial charge in [0.15, 0.2) is 5.37 Å². The highest BCUT2D eigenvalue weighted by Gasteiger charge is 2.31. The minimum atomic E-state index is 0.380. The van der Waals surface area contributed by atoms with E-state index in [1.54, 1.807) is 0 Å². The molecule has 4 heteroatoms. The van der Waals surface area contributed by atoms with E-state index in [0.717, 1.165) is 0 Å². The number of nitrogens with one attached hydrogen (secondary N) is 1. The van der Waals surface area contributed by atoms with E-state index < -0.39 is 0 Å². The minimum absolute atomic E-state index is 0.380. The van der Waals surface area contributed by atoms with Crippen LogP contribution in [0.2, 0.25) is 0 Å². The lowest BCUT2D eigenvalue weighted by Crippen LogP contribution is -2.32. The van der Waals surface area contributed by atoms with E-state index in [4.69, 9.17) is 0 Å². The van der Waals surface area contributed by atoms with Crippen LogP contribution >= 0.6 is 12.6 Å². The molecular weight excluding hydrogens is 140 g/mol.